The van der Waals surface area contributed by atoms with Crippen molar-refractivity contribution in [2.75, 3.05) is 18.4 Å². The molecule has 1 amide bonds. The molecule has 3 nitrogen and oxygen atoms in total. The molecule has 1 aromatic rings. The molecule has 1 unspecified atom stereocenters. The second kappa shape index (κ2) is 6.58. The summed E-state index contributed by atoms with van der Waals surface area (Å²) in [6.07, 6.45) is -1.30. The highest BCUT2D eigenvalue weighted by molar-refractivity contribution is 5.81. The van der Waals surface area contributed by atoms with E-state index in [-0.39, 0.29) is 24.1 Å². The average molecular weight is 314 g/mol. The van der Waals surface area contributed by atoms with Crippen molar-refractivity contribution in [1.82, 2.24) is 4.90 Å². The first kappa shape index (κ1) is 16.6. The number of nitrogens with zero attached hydrogens (tertiary/aromatic N) is 1. The van der Waals surface area contributed by atoms with Crippen LogP contribution in [0.3, 0.4) is 0 Å². The number of carbonyl (C=O) groups is 1. The molecule has 1 heterocycles. The minimum atomic E-state index is -4.38. The first-order chi connectivity index (χ1) is 10.3. The molecular weight excluding hydrogens is 293 g/mol. The molecule has 1 aliphatic heterocycles. The Hall–Kier alpha value is -1.72. The monoisotopic (exact) mass is 314 g/mol. The van der Waals surface area contributed by atoms with Crippen LogP contribution in [0.1, 0.15) is 37.3 Å². The van der Waals surface area contributed by atoms with E-state index in [0.717, 1.165) is 31.9 Å². The number of likely N-dealkylation sites (tertiary alicyclic amines) is 1. The fourth-order valence-electron chi connectivity index (χ4n) is 2.79. The van der Waals surface area contributed by atoms with Gasteiger partial charge < -0.3 is 10.2 Å². The fraction of sp³-hybridized carbons (Fsp3) is 0.562. The lowest BCUT2D eigenvalue weighted by Gasteiger charge is -2.33. The number of alkyl halides is 3. The minimum Gasteiger partial charge on any atom is -0.376 e. The molecule has 6 heteroatoms. The number of rotatable bonds is 3. The first-order valence-electron chi connectivity index (χ1n) is 7.50. The van der Waals surface area contributed by atoms with E-state index in [9.17, 15) is 18.0 Å². The normalized spacial score (nSPS) is 19.1. The Bertz CT molecular complexity index is 543. The SMILES string of the molecule is Cc1ccc(NCC(=O)N2CCCCC2C)cc1C(F)(F)F. The molecule has 0 radical (unpaired) electrons. The van der Waals surface area contributed by atoms with E-state index in [4.69, 9.17) is 0 Å². The van der Waals surface area contributed by atoms with E-state index >= 15 is 0 Å². The van der Waals surface area contributed by atoms with Gasteiger partial charge in [-0.05, 0) is 50.8 Å². The lowest BCUT2D eigenvalue weighted by Crippen LogP contribution is -2.44. The van der Waals surface area contributed by atoms with Gasteiger partial charge >= 0.3 is 6.18 Å². The van der Waals surface area contributed by atoms with Gasteiger partial charge in [-0.1, -0.05) is 6.07 Å². The summed E-state index contributed by atoms with van der Waals surface area (Å²) in [5.74, 6) is -0.0682. The number of nitrogens with one attached hydrogen (secondary N) is 1. The van der Waals surface area contributed by atoms with E-state index in [1.54, 1.807) is 11.0 Å². The standard InChI is InChI=1S/C16H21F3N2O/c1-11-6-7-13(9-14(11)16(17,18)19)20-10-15(22)21-8-4-3-5-12(21)2/h6-7,9,12,20H,3-5,8,10H2,1-2H3. The van der Waals surface area contributed by atoms with Crippen molar-refractivity contribution in [3.05, 3.63) is 29.3 Å². The number of hydrogen-bond donors (Lipinski definition) is 1. The number of hydrogen-bond acceptors (Lipinski definition) is 2. The molecule has 0 bridgehead atoms. The summed E-state index contributed by atoms with van der Waals surface area (Å²) in [4.78, 5) is 14.0. The number of carbonyl (C=O) groups excluding carboxylic acids is 1. The summed E-state index contributed by atoms with van der Waals surface area (Å²) in [6.45, 7) is 4.17. The third-order valence-corrected chi connectivity index (χ3v) is 4.11. The number of benzene rings is 1. The van der Waals surface area contributed by atoms with Crippen molar-refractivity contribution in [3.8, 4) is 0 Å². The highest BCUT2D eigenvalue weighted by atomic mass is 19.4. The van der Waals surface area contributed by atoms with Gasteiger partial charge in [0.1, 0.15) is 0 Å². The van der Waals surface area contributed by atoms with Gasteiger partial charge in [-0.25, -0.2) is 0 Å². The van der Waals surface area contributed by atoms with Crippen molar-refractivity contribution in [2.45, 2.75) is 45.3 Å². The van der Waals surface area contributed by atoms with Gasteiger partial charge in [-0.2, -0.15) is 13.2 Å². The van der Waals surface area contributed by atoms with Gasteiger partial charge in [0, 0.05) is 18.3 Å². The summed E-state index contributed by atoms with van der Waals surface area (Å²) in [5.41, 5.74) is -0.179. The van der Waals surface area contributed by atoms with Crippen LogP contribution < -0.4 is 5.32 Å². The second-order valence-electron chi connectivity index (χ2n) is 5.81. The highest BCUT2D eigenvalue weighted by Gasteiger charge is 2.32. The molecule has 0 aromatic heterocycles. The second-order valence-corrected chi connectivity index (χ2v) is 5.81. The zero-order chi connectivity index (χ0) is 16.3. The van der Waals surface area contributed by atoms with Gasteiger partial charge in [0.25, 0.3) is 0 Å². The van der Waals surface area contributed by atoms with Crippen LogP contribution in [0.25, 0.3) is 0 Å². The van der Waals surface area contributed by atoms with Crippen LogP contribution in [0, 0.1) is 6.92 Å². The molecule has 2 rings (SSSR count). The van der Waals surface area contributed by atoms with Crippen LogP contribution in [0.2, 0.25) is 0 Å². The van der Waals surface area contributed by atoms with Gasteiger partial charge in [0.2, 0.25) is 5.91 Å². The molecule has 0 spiro atoms. The molecule has 0 saturated carbocycles. The quantitative estimate of drug-likeness (QED) is 0.919. The Labute approximate surface area is 128 Å². The molecule has 1 aromatic carbocycles. The fourth-order valence-corrected chi connectivity index (χ4v) is 2.79. The van der Waals surface area contributed by atoms with Crippen molar-refractivity contribution in [1.29, 1.82) is 0 Å². The topological polar surface area (TPSA) is 32.3 Å². The van der Waals surface area contributed by atoms with Crippen molar-refractivity contribution in [3.63, 3.8) is 0 Å². The molecule has 1 saturated heterocycles. The summed E-state index contributed by atoms with van der Waals surface area (Å²) in [5, 5.41) is 2.81. The zero-order valence-electron chi connectivity index (χ0n) is 12.8. The predicted octanol–water partition coefficient (Wildman–Crippen LogP) is 3.83. The van der Waals surface area contributed by atoms with Crippen LogP contribution >= 0.6 is 0 Å². The number of halogens is 3. The zero-order valence-corrected chi connectivity index (χ0v) is 12.8. The predicted molar refractivity (Wildman–Crippen MR) is 79.7 cm³/mol. The lowest BCUT2D eigenvalue weighted by atomic mass is 10.0. The Balaban J connectivity index is 2.01. The van der Waals surface area contributed by atoms with Crippen molar-refractivity contribution >= 4 is 11.6 Å². The lowest BCUT2D eigenvalue weighted by molar-refractivity contribution is -0.138. The Morgan fingerprint density at radius 2 is 2.09 bits per heavy atom. The summed E-state index contributed by atoms with van der Waals surface area (Å²) in [7, 11) is 0. The first-order valence-corrected chi connectivity index (χ1v) is 7.50. The van der Waals surface area contributed by atoms with Crippen molar-refractivity contribution in [2.24, 2.45) is 0 Å². The summed E-state index contributed by atoms with van der Waals surface area (Å²) < 4.78 is 38.6. The molecule has 1 atom stereocenters. The van der Waals surface area contributed by atoms with Crippen LogP contribution in [0.4, 0.5) is 18.9 Å². The minimum absolute atomic E-state index is 0.0185. The van der Waals surface area contributed by atoms with E-state index in [2.05, 4.69) is 5.32 Å². The molecule has 1 fully saturated rings. The Morgan fingerprint density at radius 3 is 2.73 bits per heavy atom. The maximum Gasteiger partial charge on any atom is 0.416 e. The van der Waals surface area contributed by atoms with Crippen molar-refractivity contribution < 1.29 is 18.0 Å². The molecule has 1 N–H and O–H groups in total. The van der Waals surface area contributed by atoms with Gasteiger partial charge in [-0.3, -0.25) is 4.79 Å². The van der Waals surface area contributed by atoms with Gasteiger partial charge in [-0.15, -0.1) is 0 Å². The maximum atomic E-state index is 12.9. The molecule has 122 valence electrons. The van der Waals surface area contributed by atoms with Crippen LogP contribution in [-0.4, -0.2) is 29.9 Å². The maximum absolute atomic E-state index is 12.9. The van der Waals surface area contributed by atoms with Crippen LogP contribution in [0.5, 0.6) is 0 Å². The number of amides is 1. The average Bonchev–Trinajstić information content (AvgIpc) is 2.45. The number of piperidine rings is 1. The van der Waals surface area contributed by atoms with E-state index in [1.807, 2.05) is 6.92 Å². The Kier molecular flexibility index (Phi) is 4.98. The van der Waals surface area contributed by atoms with E-state index in [1.165, 1.54) is 13.0 Å². The summed E-state index contributed by atoms with van der Waals surface area (Å²) in [6, 6.07) is 4.24. The molecule has 22 heavy (non-hydrogen) atoms. The van der Waals surface area contributed by atoms with E-state index < -0.39 is 11.7 Å². The highest BCUT2D eigenvalue weighted by Crippen LogP contribution is 2.33. The number of aryl methyl sites for hydroxylation is 1. The molecule has 0 aliphatic carbocycles. The third-order valence-electron chi connectivity index (χ3n) is 4.11. The molecular formula is C16H21F3N2O. The van der Waals surface area contributed by atoms with Gasteiger partial charge in [0.15, 0.2) is 0 Å². The summed E-state index contributed by atoms with van der Waals surface area (Å²) >= 11 is 0. The Morgan fingerprint density at radius 1 is 1.36 bits per heavy atom. The largest absolute Gasteiger partial charge is 0.416 e. The third kappa shape index (κ3) is 3.93. The smallest absolute Gasteiger partial charge is 0.376 e. The number of anilines is 1. The van der Waals surface area contributed by atoms with Gasteiger partial charge in [0.05, 0.1) is 12.1 Å². The van der Waals surface area contributed by atoms with E-state index in [0.29, 0.717) is 5.69 Å². The van der Waals surface area contributed by atoms with Crippen LogP contribution in [0.15, 0.2) is 18.2 Å². The molecule has 1 aliphatic rings. The van der Waals surface area contributed by atoms with Crippen LogP contribution in [-0.2, 0) is 11.0 Å².